The van der Waals surface area contributed by atoms with Crippen molar-refractivity contribution >= 4 is 29.3 Å². The van der Waals surface area contributed by atoms with E-state index in [0.717, 1.165) is 11.1 Å². The van der Waals surface area contributed by atoms with Gasteiger partial charge < -0.3 is 0 Å². The third kappa shape index (κ3) is 2.88. The second-order valence-electron chi connectivity index (χ2n) is 2.44. The maximum absolute atomic E-state index is 5.68. The molecule has 0 spiro atoms. The van der Waals surface area contributed by atoms with Crippen LogP contribution in [0.2, 0.25) is 0 Å². The Bertz CT molecular complexity index is 266. The highest BCUT2D eigenvalue weighted by Crippen LogP contribution is 2.09. The van der Waals surface area contributed by atoms with Crippen LogP contribution in [0, 0.1) is 0 Å². The molecule has 0 nitrogen and oxygen atoms in total. The summed E-state index contributed by atoms with van der Waals surface area (Å²) in [6.07, 6.45) is 3.90. The predicted octanol–water partition coefficient (Wildman–Crippen LogP) is 3.68. The summed E-state index contributed by atoms with van der Waals surface area (Å²) in [7, 11) is 0. The van der Waals surface area contributed by atoms with Crippen LogP contribution in [-0.2, 0) is 5.88 Å². The Hall–Kier alpha value is -0.460. The van der Waals surface area contributed by atoms with Crippen molar-refractivity contribution in [3.63, 3.8) is 0 Å². The molecule has 0 aliphatic heterocycles. The summed E-state index contributed by atoms with van der Waals surface area (Å²) >= 11 is 11.2. The fourth-order valence-corrected chi connectivity index (χ4v) is 1.22. The SMILES string of the molecule is ClCC=Cc1cccc(CCl)c1. The maximum Gasteiger partial charge on any atom is 0.0474 e. The molecule has 0 aliphatic carbocycles. The van der Waals surface area contributed by atoms with Crippen molar-refractivity contribution in [2.45, 2.75) is 5.88 Å². The lowest BCUT2D eigenvalue weighted by Crippen LogP contribution is -1.78. The molecule has 0 atom stereocenters. The number of hydrogen-bond acceptors (Lipinski definition) is 0. The Kier molecular flexibility index (Phi) is 4.20. The van der Waals surface area contributed by atoms with E-state index in [9.17, 15) is 0 Å². The molecule has 0 fully saturated rings. The van der Waals surface area contributed by atoms with Crippen LogP contribution in [0.5, 0.6) is 0 Å². The molecule has 0 saturated carbocycles. The van der Waals surface area contributed by atoms with Crippen LogP contribution >= 0.6 is 23.2 Å². The molecule has 0 bridgehead atoms. The van der Waals surface area contributed by atoms with Crippen molar-refractivity contribution in [1.82, 2.24) is 0 Å². The van der Waals surface area contributed by atoms with Crippen LogP contribution in [0.4, 0.5) is 0 Å². The average molecular weight is 201 g/mol. The molecule has 0 N–H and O–H groups in total. The van der Waals surface area contributed by atoms with Gasteiger partial charge in [-0.25, -0.2) is 0 Å². The second kappa shape index (κ2) is 5.23. The van der Waals surface area contributed by atoms with Gasteiger partial charge in [0.2, 0.25) is 0 Å². The van der Waals surface area contributed by atoms with E-state index in [4.69, 9.17) is 23.2 Å². The highest BCUT2D eigenvalue weighted by Gasteiger charge is 1.89. The van der Waals surface area contributed by atoms with Gasteiger partial charge in [0.1, 0.15) is 0 Å². The number of hydrogen-bond donors (Lipinski definition) is 0. The van der Waals surface area contributed by atoms with Crippen molar-refractivity contribution in [1.29, 1.82) is 0 Å². The number of rotatable bonds is 3. The van der Waals surface area contributed by atoms with E-state index >= 15 is 0 Å². The summed E-state index contributed by atoms with van der Waals surface area (Å²) < 4.78 is 0. The summed E-state index contributed by atoms with van der Waals surface area (Å²) in [5.41, 5.74) is 2.28. The quantitative estimate of drug-likeness (QED) is 0.654. The topological polar surface area (TPSA) is 0 Å². The Balaban J connectivity index is 2.79. The fraction of sp³-hybridized carbons (Fsp3) is 0.200. The molecule has 0 aliphatic rings. The molecule has 1 rings (SSSR count). The van der Waals surface area contributed by atoms with Crippen LogP contribution in [0.3, 0.4) is 0 Å². The molecular formula is C10H10Cl2. The molecule has 0 saturated heterocycles. The normalized spacial score (nSPS) is 10.8. The lowest BCUT2D eigenvalue weighted by molar-refractivity contribution is 1.39. The van der Waals surface area contributed by atoms with Gasteiger partial charge in [0.05, 0.1) is 0 Å². The highest BCUT2D eigenvalue weighted by atomic mass is 35.5. The Morgan fingerprint density at radius 3 is 2.75 bits per heavy atom. The summed E-state index contributed by atoms with van der Waals surface area (Å²) in [5.74, 6) is 1.10. The van der Waals surface area contributed by atoms with E-state index in [0.29, 0.717) is 11.8 Å². The smallest absolute Gasteiger partial charge is 0.0474 e. The fourth-order valence-electron chi connectivity index (χ4n) is 0.961. The van der Waals surface area contributed by atoms with Crippen molar-refractivity contribution in [3.05, 3.63) is 41.5 Å². The lowest BCUT2D eigenvalue weighted by Gasteiger charge is -1.96. The number of alkyl halides is 2. The van der Waals surface area contributed by atoms with E-state index in [1.807, 2.05) is 30.4 Å². The van der Waals surface area contributed by atoms with Gasteiger partial charge in [-0.05, 0) is 11.1 Å². The van der Waals surface area contributed by atoms with Crippen molar-refractivity contribution in [2.24, 2.45) is 0 Å². The number of halogens is 2. The predicted molar refractivity (Wildman–Crippen MR) is 55.8 cm³/mol. The Morgan fingerprint density at radius 1 is 1.25 bits per heavy atom. The molecule has 1 aromatic carbocycles. The van der Waals surface area contributed by atoms with Crippen LogP contribution in [0.25, 0.3) is 6.08 Å². The molecule has 12 heavy (non-hydrogen) atoms. The molecule has 64 valence electrons. The van der Waals surface area contributed by atoms with Crippen molar-refractivity contribution in [3.8, 4) is 0 Å². The number of benzene rings is 1. The van der Waals surface area contributed by atoms with Crippen LogP contribution in [0.1, 0.15) is 11.1 Å². The van der Waals surface area contributed by atoms with Gasteiger partial charge in [0, 0.05) is 11.8 Å². The van der Waals surface area contributed by atoms with Gasteiger partial charge in [0.15, 0.2) is 0 Å². The molecule has 0 amide bonds. The van der Waals surface area contributed by atoms with Crippen LogP contribution < -0.4 is 0 Å². The second-order valence-corrected chi connectivity index (χ2v) is 3.01. The van der Waals surface area contributed by atoms with Crippen LogP contribution in [-0.4, -0.2) is 5.88 Å². The minimum Gasteiger partial charge on any atom is -0.122 e. The van der Waals surface area contributed by atoms with Gasteiger partial charge in [0.25, 0.3) is 0 Å². The first-order valence-corrected chi connectivity index (χ1v) is 4.81. The first-order valence-electron chi connectivity index (χ1n) is 3.74. The first-order chi connectivity index (χ1) is 5.86. The maximum atomic E-state index is 5.68. The lowest BCUT2D eigenvalue weighted by atomic mass is 10.1. The molecule has 0 radical (unpaired) electrons. The molecule has 2 heteroatoms. The molecule has 0 aromatic heterocycles. The van der Waals surface area contributed by atoms with E-state index < -0.39 is 0 Å². The minimum absolute atomic E-state index is 0.547. The third-order valence-corrected chi connectivity index (χ3v) is 1.99. The van der Waals surface area contributed by atoms with Crippen LogP contribution in [0.15, 0.2) is 30.3 Å². The van der Waals surface area contributed by atoms with Gasteiger partial charge in [-0.3, -0.25) is 0 Å². The first kappa shape index (κ1) is 9.63. The third-order valence-electron chi connectivity index (χ3n) is 1.50. The molecule has 1 aromatic rings. The standard InChI is InChI=1S/C10H10Cl2/c11-6-2-5-9-3-1-4-10(7-9)8-12/h1-5,7H,6,8H2. The summed E-state index contributed by atoms with van der Waals surface area (Å²) in [6.45, 7) is 0. The summed E-state index contributed by atoms with van der Waals surface area (Å²) in [6, 6.07) is 8.08. The zero-order valence-corrected chi connectivity index (χ0v) is 8.15. The van der Waals surface area contributed by atoms with Crippen molar-refractivity contribution < 1.29 is 0 Å². The molecule has 0 heterocycles. The van der Waals surface area contributed by atoms with E-state index in [2.05, 4.69) is 6.07 Å². The van der Waals surface area contributed by atoms with Gasteiger partial charge in [-0.1, -0.05) is 36.4 Å². The summed E-state index contributed by atoms with van der Waals surface area (Å²) in [4.78, 5) is 0. The zero-order chi connectivity index (χ0) is 8.81. The molecule has 0 unspecified atom stereocenters. The minimum atomic E-state index is 0.547. The monoisotopic (exact) mass is 200 g/mol. The summed E-state index contributed by atoms with van der Waals surface area (Å²) in [5, 5.41) is 0. The van der Waals surface area contributed by atoms with E-state index in [1.165, 1.54) is 0 Å². The van der Waals surface area contributed by atoms with Crippen molar-refractivity contribution in [2.75, 3.05) is 5.88 Å². The van der Waals surface area contributed by atoms with Gasteiger partial charge in [-0.15, -0.1) is 23.2 Å². The molecular weight excluding hydrogens is 191 g/mol. The highest BCUT2D eigenvalue weighted by molar-refractivity contribution is 6.19. The Labute approximate surface area is 82.8 Å². The Morgan fingerprint density at radius 2 is 2.08 bits per heavy atom. The zero-order valence-electron chi connectivity index (χ0n) is 6.63. The largest absolute Gasteiger partial charge is 0.122 e. The van der Waals surface area contributed by atoms with Gasteiger partial charge >= 0.3 is 0 Å². The van der Waals surface area contributed by atoms with Gasteiger partial charge in [-0.2, -0.15) is 0 Å². The van der Waals surface area contributed by atoms with E-state index in [1.54, 1.807) is 0 Å². The average Bonchev–Trinajstić information content (AvgIpc) is 2.15. The number of allylic oxidation sites excluding steroid dienone is 1. The van der Waals surface area contributed by atoms with E-state index in [-0.39, 0.29) is 0 Å².